The lowest BCUT2D eigenvalue weighted by atomic mass is 9.75. The number of amides is 2. The number of anilines is 2. The average Bonchev–Trinajstić information content (AvgIpc) is 2.37. The normalized spacial score (nSPS) is 15.9. The quantitative estimate of drug-likeness (QED) is 0.785. The molecule has 20 heavy (non-hydrogen) atoms. The molecule has 0 atom stereocenters. The maximum Gasteiger partial charge on any atom is 0.411 e. The van der Waals surface area contributed by atoms with Crippen LogP contribution in [0.25, 0.3) is 0 Å². The van der Waals surface area contributed by atoms with E-state index >= 15 is 0 Å². The second-order valence-corrected chi connectivity index (χ2v) is 5.14. The summed E-state index contributed by atoms with van der Waals surface area (Å²) in [7, 11) is 1.29. The molecular formula is C14H19N3O3. The molecule has 1 saturated carbocycles. The first-order valence-corrected chi connectivity index (χ1v) is 6.54. The van der Waals surface area contributed by atoms with E-state index in [0.717, 1.165) is 19.3 Å². The zero-order valence-electron chi connectivity index (χ0n) is 11.4. The Kier molecular flexibility index (Phi) is 4.24. The van der Waals surface area contributed by atoms with Crippen molar-refractivity contribution in [1.82, 2.24) is 0 Å². The van der Waals surface area contributed by atoms with Gasteiger partial charge in [-0.1, -0.05) is 6.07 Å². The fraction of sp³-hybridized carbons (Fsp3) is 0.429. The van der Waals surface area contributed by atoms with Gasteiger partial charge in [-0.05, 0) is 37.5 Å². The highest BCUT2D eigenvalue weighted by Crippen LogP contribution is 2.32. The van der Waals surface area contributed by atoms with E-state index in [-0.39, 0.29) is 11.4 Å². The topological polar surface area (TPSA) is 93.5 Å². The van der Waals surface area contributed by atoms with Crippen LogP contribution in [0.2, 0.25) is 0 Å². The smallest absolute Gasteiger partial charge is 0.411 e. The summed E-state index contributed by atoms with van der Waals surface area (Å²) >= 11 is 0. The highest BCUT2D eigenvalue weighted by molar-refractivity contribution is 5.93. The lowest BCUT2D eigenvalue weighted by Gasteiger charge is -2.37. The van der Waals surface area contributed by atoms with E-state index in [1.807, 2.05) is 0 Å². The number of rotatable bonds is 4. The minimum atomic E-state index is -0.552. The molecule has 1 aromatic rings. The molecular weight excluding hydrogens is 258 g/mol. The lowest BCUT2D eigenvalue weighted by Crippen LogP contribution is -2.48. The van der Waals surface area contributed by atoms with Gasteiger partial charge in [0.15, 0.2) is 0 Å². The SMILES string of the molecule is COC(=O)Nc1cccc(NC(=O)CC2(N)CCC2)c1. The van der Waals surface area contributed by atoms with Gasteiger partial charge in [0.2, 0.25) is 5.91 Å². The van der Waals surface area contributed by atoms with Crippen molar-refractivity contribution < 1.29 is 14.3 Å². The average molecular weight is 277 g/mol. The van der Waals surface area contributed by atoms with Crippen LogP contribution in [0.15, 0.2) is 24.3 Å². The molecule has 0 saturated heterocycles. The number of benzene rings is 1. The molecule has 108 valence electrons. The van der Waals surface area contributed by atoms with Crippen molar-refractivity contribution >= 4 is 23.4 Å². The van der Waals surface area contributed by atoms with Crippen LogP contribution >= 0.6 is 0 Å². The van der Waals surface area contributed by atoms with Crippen LogP contribution in [0.3, 0.4) is 0 Å². The molecule has 0 aromatic heterocycles. The van der Waals surface area contributed by atoms with Gasteiger partial charge in [-0.3, -0.25) is 10.1 Å². The molecule has 0 heterocycles. The maximum atomic E-state index is 11.9. The molecule has 2 amide bonds. The van der Waals surface area contributed by atoms with Gasteiger partial charge in [0, 0.05) is 23.3 Å². The van der Waals surface area contributed by atoms with Crippen LogP contribution in [-0.2, 0) is 9.53 Å². The van der Waals surface area contributed by atoms with E-state index in [1.165, 1.54) is 7.11 Å². The van der Waals surface area contributed by atoms with Gasteiger partial charge in [-0.2, -0.15) is 0 Å². The Morgan fingerprint density at radius 1 is 1.30 bits per heavy atom. The summed E-state index contributed by atoms with van der Waals surface area (Å²) < 4.78 is 4.51. The van der Waals surface area contributed by atoms with Crippen molar-refractivity contribution in [2.75, 3.05) is 17.7 Å². The first-order valence-electron chi connectivity index (χ1n) is 6.54. The number of hydrogen-bond acceptors (Lipinski definition) is 4. The van der Waals surface area contributed by atoms with Crippen LogP contribution in [0, 0.1) is 0 Å². The van der Waals surface area contributed by atoms with Crippen LogP contribution < -0.4 is 16.4 Å². The Labute approximate surface area is 117 Å². The number of ether oxygens (including phenoxy) is 1. The molecule has 4 N–H and O–H groups in total. The summed E-state index contributed by atoms with van der Waals surface area (Å²) in [6, 6.07) is 6.87. The van der Waals surface area contributed by atoms with Gasteiger partial charge in [0.05, 0.1) is 7.11 Å². The van der Waals surface area contributed by atoms with Crippen molar-refractivity contribution in [2.24, 2.45) is 5.73 Å². The predicted octanol–water partition coefficient (Wildman–Crippen LogP) is 2.07. The molecule has 1 aliphatic carbocycles. The van der Waals surface area contributed by atoms with E-state index in [2.05, 4.69) is 15.4 Å². The zero-order valence-corrected chi connectivity index (χ0v) is 11.4. The molecule has 0 aliphatic heterocycles. The van der Waals surface area contributed by atoms with Crippen molar-refractivity contribution in [3.63, 3.8) is 0 Å². The van der Waals surface area contributed by atoms with Gasteiger partial charge in [0.1, 0.15) is 0 Å². The maximum absolute atomic E-state index is 11.9. The third kappa shape index (κ3) is 3.71. The van der Waals surface area contributed by atoms with E-state index in [9.17, 15) is 9.59 Å². The Morgan fingerprint density at radius 3 is 2.50 bits per heavy atom. The molecule has 0 bridgehead atoms. The molecule has 0 spiro atoms. The Hall–Kier alpha value is -2.08. The summed E-state index contributed by atoms with van der Waals surface area (Å²) in [6.45, 7) is 0. The van der Waals surface area contributed by atoms with Crippen molar-refractivity contribution in [1.29, 1.82) is 0 Å². The third-order valence-electron chi connectivity index (χ3n) is 3.44. The van der Waals surface area contributed by atoms with Gasteiger partial charge < -0.3 is 15.8 Å². The summed E-state index contributed by atoms with van der Waals surface area (Å²) in [5.74, 6) is -0.109. The molecule has 1 aliphatic rings. The van der Waals surface area contributed by atoms with Crippen LogP contribution in [-0.4, -0.2) is 24.6 Å². The summed E-state index contributed by atoms with van der Waals surface area (Å²) in [5, 5.41) is 5.33. The first-order chi connectivity index (χ1) is 9.50. The van der Waals surface area contributed by atoms with E-state index < -0.39 is 6.09 Å². The molecule has 0 unspecified atom stereocenters. The molecule has 0 radical (unpaired) electrons. The number of carbonyl (C=O) groups excluding carboxylic acids is 2. The molecule has 1 aromatic carbocycles. The fourth-order valence-electron chi connectivity index (χ4n) is 2.18. The minimum Gasteiger partial charge on any atom is -0.453 e. The lowest BCUT2D eigenvalue weighted by molar-refractivity contribution is -0.118. The predicted molar refractivity (Wildman–Crippen MR) is 76.5 cm³/mol. The van der Waals surface area contributed by atoms with Crippen LogP contribution in [0.1, 0.15) is 25.7 Å². The Bertz CT molecular complexity index is 512. The first kappa shape index (κ1) is 14.3. The summed E-state index contributed by atoms with van der Waals surface area (Å²) in [5.41, 5.74) is 6.87. The minimum absolute atomic E-state index is 0.109. The summed E-state index contributed by atoms with van der Waals surface area (Å²) in [4.78, 5) is 23.0. The van der Waals surface area contributed by atoms with Crippen molar-refractivity contribution in [3.8, 4) is 0 Å². The highest BCUT2D eigenvalue weighted by Gasteiger charge is 2.34. The monoisotopic (exact) mass is 277 g/mol. The van der Waals surface area contributed by atoms with Gasteiger partial charge >= 0.3 is 6.09 Å². The summed E-state index contributed by atoms with van der Waals surface area (Å²) in [6.07, 6.45) is 2.64. The third-order valence-corrected chi connectivity index (χ3v) is 3.44. The van der Waals surface area contributed by atoms with Gasteiger partial charge in [-0.15, -0.1) is 0 Å². The van der Waals surface area contributed by atoms with Crippen molar-refractivity contribution in [2.45, 2.75) is 31.2 Å². The van der Waals surface area contributed by atoms with E-state index in [4.69, 9.17) is 5.73 Å². The molecule has 1 fully saturated rings. The van der Waals surface area contributed by atoms with Gasteiger partial charge in [-0.25, -0.2) is 4.79 Å². The van der Waals surface area contributed by atoms with Crippen molar-refractivity contribution in [3.05, 3.63) is 24.3 Å². The molecule has 6 heteroatoms. The molecule has 2 rings (SSSR count). The van der Waals surface area contributed by atoms with E-state index in [1.54, 1.807) is 24.3 Å². The van der Waals surface area contributed by atoms with Crippen LogP contribution in [0.5, 0.6) is 0 Å². The Morgan fingerprint density at radius 2 is 1.95 bits per heavy atom. The second-order valence-electron chi connectivity index (χ2n) is 5.14. The zero-order chi connectivity index (χ0) is 14.6. The van der Waals surface area contributed by atoms with Crippen LogP contribution in [0.4, 0.5) is 16.2 Å². The molecule has 6 nitrogen and oxygen atoms in total. The fourth-order valence-corrected chi connectivity index (χ4v) is 2.18. The second kappa shape index (κ2) is 5.92. The number of methoxy groups -OCH3 is 1. The van der Waals surface area contributed by atoms with Gasteiger partial charge in [0.25, 0.3) is 0 Å². The van der Waals surface area contributed by atoms with E-state index in [0.29, 0.717) is 17.8 Å². The largest absolute Gasteiger partial charge is 0.453 e. The number of nitrogens with one attached hydrogen (secondary N) is 2. The standard InChI is InChI=1S/C14H19N3O3/c1-20-13(19)17-11-5-2-4-10(8-11)16-12(18)9-14(15)6-3-7-14/h2,4-5,8H,3,6-7,9,15H2,1H3,(H,16,18)(H,17,19). The highest BCUT2D eigenvalue weighted by atomic mass is 16.5. The number of nitrogens with two attached hydrogens (primary N) is 1. The Balaban J connectivity index is 1.93. The number of carbonyl (C=O) groups is 2. The number of hydrogen-bond donors (Lipinski definition) is 3.